The van der Waals surface area contributed by atoms with Gasteiger partial charge in [0.1, 0.15) is 22.6 Å². The molecule has 1 aromatic carbocycles. The van der Waals surface area contributed by atoms with Gasteiger partial charge in [0.25, 0.3) is 0 Å². The Morgan fingerprint density at radius 1 is 1.27 bits per heavy atom. The Morgan fingerprint density at radius 3 is 2.73 bits per heavy atom. The topological polar surface area (TPSA) is 75.6 Å². The highest BCUT2D eigenvalue weighted by Crippen LogP contribution is 2.25. The molecule has 10 heteroatoms. The van der Waals surface area contributed by atoms with Crippen LogP contribution in [-0.4, -0.2) is 56.0 Å². The first-order valence-electron chi connectivity index (χ1n) is 7.88. The molecule has 1 aliphatic rings. The van der Waals surface area contributed by atoms with Gasteiger partial charge in [0.05, 0.1) is 18.9 Å². The fourth-order valence-corrected chi connectivity index (χ4v) is 4.15. The van der Waals surface area contributed by atoms with E-state index in [0.29, 0.717) is 18.3 Å². The monoisotopic (exact) mass is 384 g/mol. The Balaban J connectivity index is 1.73. The molecule has 1 aromatic heterocycles. The van der Waals surface area contributed by atoms with Gasteiger partial charge in [0, 0.05) is 26.7 Å². The third-order valence-corrected chi connectivity index (χ3v) is 5.86. The predicted molar refractivity (Wildman–Crippen MR) is 90.5 cm³/mol. The zero-order chi connectivity index (χ0) is 18.9. The summed E-state index contributed by atoms with van der Waals surface area (Å²) in [5, 5.41) is 0. The van der Waals surface area contributed by atoms with Crippen molar-refractivity contribution >= 4 is 15.8 Å². The van der Waals surface area contributed by atoms with Crippen LogP contribution in [0.25, 0.3) is 0 Å². The maximum absolute atomic E-state index is 13.9. The largest absolute Gasteiger partial charge is 0.472 e. The minimum absolute atomic E-state index is 0.0486. The van der Waals surface area contributed by atoms with E-state index in [4.69, 9.17) is 4.74 Å². The predicted octanol–water partition coefficient (Wildman–Crippen LogP) is 1.66. The molecule has 1 fully saturated rings. The number of halogens is 2. The molecule has 26 heavy (non-hydrogen) atoms. The van der Waals surface area contributed by atoms with Gasteiger partial charge in [-0.2, -0.15) is 9.29 Å². The lowest BCUT2D eigenvalue weighted by Gasteiger charge is -2.18. The lowest BCUT2D eigenvalue weighted by Crippen LogP contribution is -2.31. The standard InChI is InChI=1S/C16H18F2N4O3S/c1-21(2)15-8-19-9-16(20-15)25-12-5-6-22(10-12)26(23,24)14-4-3-11(17)7-13(14)18/h3-4,7-9,12H,5-6,10H2,1-2H3. The molecule has 0 aliphatic carbocycles. The van der Waals surface area contributed by atoms with Gasteiger partial charge in [-0.25, -0.2) is 17.2 Å². The van der Waals surface area contributed by atoms with E-state index in [1.54, 1.807) is 11.1 Å². The minimum Gasteiger partial charge on any atom is -0.472 e. The number of sulfonamides is 1. The fourth-order valence-electron chi connectivity index (χ4n) is 2.62. The molecule has 1 atom stereocenters. The molecular weight excluding hydrogens is 366 g/mol. The zero-order valence-electron chi connectivity index (χ0n) is 14.3. The Bertz CT molecular complexity index is 908. The molecule has 3 rings (SSSR count). The summed E-state index contributed by atoms with van der Waals surface area (Å²) in [7, 11) is -0.437. The first kappa shape index (κ1) is 18.5. The van der Waals surface area contributed by atoms with E-state index < -0.39 is 32.7 Å². The first-order valence-corrected chi connectivity index (χ1v) is 9.32. The molecule has 0 spiro atoms. The van der Waals surface area contributed by atoms with Crippen LogP contribution in [0.4, 0.5) is 14.6 Å². The number of anilines is 1. The van der Waals surface area contributed by atoms with E-state index in [2.05, 4.69) is 9.97 Å². The van der Waals surface area contributed by atoms with Gasteiger partial charge >= 0.3 is 0 Å². The lowest BCUT2D eigenvalue weighted by molar-refractivity contribution is 0.206. The summed E-state index contributed by atoms with van der Waals surface area (Å²) in [5.41, 5.74) is 0. The molecule has 1 aliphatic heterocycles. The van der Waals surface area contributed by atoms with Crippen molar-refractivity contribution in [3.05, 3.63) is 42.2 Å². The van der Waals surface area contributed by atoms with Gasteiger partial charge in [-0.1, -0.05) is 0 Å². The van der Waals surface area contributed by atoms with Gasteiger partial charge in [0.15, 0.2) is 5.82 Å². The molecular formula is C16H18F2N4O3S. The Kier molecular flexibility index (Phi) is 5.05. The van der Waals surface area contributed by atoms with Crippen molar-refractivity contribution < 1.29 is 21.9 Å². The number of ether oxygens (including phenoxy) is 1. The third kappa shape index (κ3) is 3.75. The van der Waals surface area contributed by atoms with E-state index in [1.807, 2.05) is 14.1 Å². The highest BCUT2D eigenvalue weighted by atomic mass is 32.2. The van der Waals surface area contributed by atoms with Crippen molar-refractivity contribution in [2.45, 2.75) is 17.4 Å². The molecule has 0 N–H and O–H groups in total. The second-order valence-electron chi connectivity index (χ2n) is 6.08. The number of hydrogen-bond donors (Lipinski definition) is 0. The van der Waals surface area contributed by atoms with Crippen LogP contribution in [0, 0.1) is 11.6 Å². The second-order valence-corrected chi connectivity index (χ2v) is 7.98. The van der Waals surface area contributed by atoms with Crippen LogP contribution < -0.4 is 9.64 Å². The van der Waals surface area contributed by atoms with E-state index in [0.717, 1.165) is 16.4 Å². The maximum atomic E-state index is 13.9. The highest BCUT2D eigenvalue weighted by molar-refractivity contribution is 7.89. The highest BCUT2D eigenvalue weighted by Gasteiger charge is 2.35. The summed E-state index contributed by atoms with van der Waals surface area (Å²) in [4.78, 5) is 9.53. The van der Waals surface area contributed by atoms with Crippen LogP contribution in [0.3, 0.4) is 0 Å². The normalized spacial score (nSPS) is 18.1. The SMILES string of the molecule is CN(C)c1cncc(OC2CCN(S(=O)(=O)c3ccc(F)cc3F)C2)n1. The molecule has 0 saturated carbocycles. The van der Waals surface area contributed by atoms with Crippen molar-refractivity contribution in [2.75, 3.05) is 32.1 Å². The van der Waals surface area contributed by atoms with Crippen molar-refractivity contribution in [1.82, 2.24) is 14.3 Å². The first-order chi connectivity index (χ1) is 12.3. The van der Waals surface area contributed by atoms with Gasteiger partial charge in [-0.15, -0.1) is 0 Å². The molecule has 1 unspecified atom stereocenters. The van der Waals surface area contributed by atoms with Gasteiger partial charge in [-0.3, -0.25) is 4.98 Å². The van der Waals surface area contributed by atoms with E-state index in [9.17, 15) is 17.2 Å². The third-order valence-electron chi connectivity index (χ3n) is 3.96. The molecule has 0 radical (unpaired) electrons. The van der Waals surface area contributed by atoms with Crippen molar-refractivity contribution in [3.8, 4) is 5.88 Å². The molecule has 2 aromatic rings. The molecule has 0 bridgehead atoms. The Hall–Kier alpha value is -2.33. The van der Waals surface area contributed by atoms with Crippen LogP contribution >= 0.6 is 0 Å². The summed E-state index contributed by atoms with van der Waals surface area (Å²) in [6, 6.07) is 2.40. The minimum atomic E-state index is -4.07. The molecule has 1 saturated heterocycles. The smallest absolute Gasteiger partial charge is 0.246 e. The maximum Gasteiger partial charge on any atom is 0.246 e. The van der Waals surface area contributed by atoms with E-state index >= 15 is 0 Å². The van der Waals surface area contributed by atoms with Crippen LogP contribution in [0.5, 0.6) is 5.88 Å². The summed E-state index contributed by atoms with van der Waals surface area (Å²) in [6.45, 7) is 0.220. The number of hydrogen-bond acceptors (Lipinski definition) is 6. The van der Waals surface area contributed by atoms with Crippen molar-refractivity contribution in [3.63, 3.8) is 0 Å². The number of benzene rings is 1. The lowest BCUT2D eigenvalue weighted by atomic mass is 10.3. The molecule has 2 heterocycles. The number of nitrogens with zero attached hydrogens (tertiary/aromatic N) is 4. The average Bonchev–Trinajstić information content (AvgIpc) is 3.04. The Morgan fingerprint density at radius 2 is 2.04 bits per heavy atom. The van der Waals surface area contributed by atoms with Crippen LogP contribution in [-0.2, 0) is 10.0 Å². The van der Waals surface area contributed by atoms with E-state index in [1.165, 1.54) is 6.20 Å². The quantitative estimate of drug-likeness (QED) is 0.781. The summed E-state index contributed by atoms with van der Waals surface area (Å²) in [5.74, 6) is -1.05. The number of aromatic nitrogens is 2. The Labute approximate surface area is 150 Å². The molecule has 7 nitrogen and oxygen atoms in total. The van der Waals surface area contributed by atoms with Crippen LogP contribution in [0.1, 0.15) is 6.42 Å². The summed E-state index contributed by atoms with van der Waals surface area (Å²) in [6.07, 6.45) is 3.02. The molecule has 140 valence electrons. The van der Waals surface area contributed by atoms with Crippen molar-refractivity contribution in [1.29, 1.82) is 0 Å². The van der Waals surface area contributed by atoms with Crippen LogP contribution in [0.15, 0.2) is 35.5 Å². The summed E-state index contributed by atoms with van der Waals surface area (Å²) >= 11 is 0. The zero-order valence-corrected chi connectivity index (χ0v) is 15.1. The van der Waals surface area contributed by atoms with Gasteiger partial charge < -0.3 is 9.64 Å². The van der Waals surface area contributed by atoms with Crippen LogP contribution in [0.2, 0.25) is 0 Å². The molecule has 0 amide bonds. The summed E-state index contributed by atoms with van der Waals surface area (Å²) < 4.78 is 58.9. The average molecular weight is 384 g/mol. The van der Waals surface area contributed by atoms with Gasteiger partial charge in [-0.05, 0) is 18.6 Å². The van der Waals surface area contributed by atoms with Gasteiger partial charge in [0.2, 0.25) is 15.9 Å². The van der Waals surface area contributed by atoms with Crippen molar-refractivity contribution in [2.24, 2.45) is 0 Å². The fraction of sp³-hybridized carbons (Fsp3) is 0.375. The second kappa shape index (κ2) is 7.12. The number of rotatable bonds is 5. The van der Waals surface area contributed by atoms with E-state index in [-0.39, 0.29) is 19.0 Å².